The summed E-state index contributed by atoms with van der Waals surface area (Å²) in [6, 6.07) is 7.61. The number of carbonyl (C=O) groups excluding carboxylic acids is 2. The van der Waals surface area contributed by atoms with Crippen molar-refractivity contribution in [3.8, 4) is 5.75 Å². The van der Waals surface area contributed by atoms with Gasteiger partial charge in [-0.3, -0.25) is 15.0 Å². The molecule has 0 bridgehead atoms. The maximum Gasteiger partial charge on any atom is 0.321 e. The van der Waals surface area contributed by atoms with Crippen molar-refractivity contribution in [2.75, 3.05) is 33.8 Å². The molecule has 6 heteroatoms. The van der Waals surface area contributed by atoms with E-state index >= 15 is 0 Å². The van der Waals surface area contributed by atoms with Crippen LogP contribution in [-0.2, 0) is 11.2 Å². The molecule has 1 unspecified atom stereocenters. The molecule has 2 rings (SSSR count). The third kappa shape index (κ3) is 5.25. The quantitative estimate of drug-likeness (QED) is 0.861. The van der Waals surface area contributed by atoms with E-state index in [0.29, 0.717) is 5.92 Å². The Labute approximate surface area is 137 Å². The number of urea groups is 1. The van der Waals surface area contributed by atoms with Gasteiger partial charge in [0.1, 0.15) is 5.75 Å². The Hall–Kier alpha value is -2.08. The lowest BCUT2D eigenvalue weighted by molar-refractivity contribution is -0.121. The Bertz CT molecular complexity index is 548. The molecule has 1 heterocycles. The lowest BCUT2D eigenvalue weighted by Crippen LogP contribution is -2.46. The van der Waals surface area contributed by atoms with Crippen LogP contribution in [0.25, 0.3) is 0 Å². The van der Waals surface area contributed by atoms with Gasteiger partial charge in [0.2, 0.25) is 5.91 Å². The summed E-state index contributed by atoms with van der Waals surface area (Å²) in [4.78, 5) is 25.1. The van der Waals surface area contributed by atoms with Gasteiger partial charge in [-0.2, -0.15) is 0 Å². The van der Waals surface area contributed by atoms with Crippen LogP contribution >= 0.6 is 0 Å². The number of rotatable bonds is 5. The molecule has 0 aromatic heterocycles. The fourth-order valence-electron chi connectivity index (χ4n) is 3.08. The number of imide groups is 1. The minimum Gasteiger partial charge on any atom is -0.496 e. The summed E-state index contributed by atoms with van der Waals surface area (Å²) >= 11 is 0. The normalized spacial score (nSPS) is 18.3. The zero-order valence-electron chi connectivity index (χ0n) is 13.8. The zero-order chi connectivity index (χ0) is 16.7. The maximum absolute atomic E-state index is 11.8. The summed E-state index contributed by atoms with van der Waals surface area (Å²) in [6.45, 7) is 2.01. The van der Waals surface area contributed by atoms with Gasteiger partial charge in [-0.15, -0.1) is 0 Å². The number of benzene rings is 1. The van der Waals surface area contributed by atoms with Crippen molar-refractivity contribution in [2.45, 2.75) is 19.3 Å². The molecule has 0 spiro atoms. The van der Waals surface area contributed by atoms with Gasteiger partial charge < -0.3 is 10.1 Å². The number of methoxy groups -OCH3 is 1. The Balaban J connectivity index is 1.88. The van der Waals surface area contributed by atoms with Gasteiger partial charge in [-0.25, -0.2) is 4.79 Å². The Morgan fingerprint density at radius 2 is 2.13 bits per heavy atom. The van der Waals surface area contributed by atoms with Gasteiger partial charge in [0.15, 0.2) is 0 Å². The van der Waals surface area contributed by atoms with E-state index < -0.39 is 6.03 Å². The summed E-state index contributed by atoms with van der Waals surface area (Å²) in [6.07, 6.45) is 3.15. The third-order valence-corrected chi connectivity index (χ3v) is 4.15. The summed E-state index contributed by atoms with van der Waals surface area (Å²) in [5.74, 6) is 1.15. The van der Waals surface area contributed by atoms with Crippen LogP contribution in [0.15, 0.2) is 24.3 Å². The molecule has 1 atom stereocenters. The zero-order valence-corrected chi connectivity index (χ0v) is 13.8. The van der Waals surface area contributed by atoms with Crippen LogP contribution in [-0.4, -0.2) is 50.6 Å². The summed E-state index contributed by atoms with van der Waals surface area (Å²) in [5.41, 5.74) is 1.21. The van der Waals surface area contributed by atoms with Crippen molar-refractivity contribution >= 4 is 11.9 Å². The maximum atomic E-state index is 11.8. The third-order valence-electron chi connectivity index (χ3n) is 4.15. The highest BCUT2D eigenvalue weighted by atomic mass is 16.5. The van der Waals surface area contributed by atoms with Crippen molar-refractivity contribution in [3.63, 3.8) is 0 Å². The number of amides is 3. The first-order chi connectivity index (χ1) is 11.1. The largest absolute Gasteiger partial charge is 0.496 e. The van der Waals surface area contributed by atoms with Crippen LogP contribution in [0.5, 0.6) is 5.75 Å². The van der Waals surface area contributed by atoms with Gasteiger partial charge >= 0.3 is 6.03 Å². The summed E-state index contributed by atoms with van der Waals surface area (Å²) in [5, 5.41) is 4.69. The van der Waals surface area contributed by atoms with E-state index in [2.05, 4.69) is 21.6 Å². The molecular formula is C17H25N3O3. The smallest absolute Gasteiger partial charge is 0.321 e. The molecule has 1 fully saturated rings. The van der Waals surface area contributed by atoms with Crippen molar-refractivity contribution in [1.29, 1.82) is 0 Å². The first-order valence-electron chi connectivity index (χ1n) is 7.98. The van der Waals surface area contributed by atoms with Crippen molar-refractivity contribution in [3.05, 3.63) is 29.8 Å². The molecule has 2 N–H and O–H groups in total. The molecule has 0 saturated carbocycles. The van der Waals surface area contributed by atoms with Gasteiger partial charge in [0.05, 0.1) is 13.7 Å². The van der Waals surface area contributed by atoms with Gasteiger partial charge in [0.25, 0.3) is 0 Å². The van der Waals surface area contributed by atoms with Crippen molar-refractivity contribution < 1.29 is 14.3 Å². The van der Waals surface area contributed by atoms with Crippen LogP contribution in [0.1, 0.15) is 18.4 Å². The molecule has 1 aromatic carbocycles. The minimum atomic E-state index is -0.461. The fraction of sp³-hybridized carbons (Fsp3) is 0.529. The van der Waals surface area contributed by atoms with E-state index in [4.69, 9.17) is 4.74 Å². The number of ether oxygens (including phenoxy) is 1. The van der Waals surface area contributed by atoms with E-state index in [0.717, 1.165) is 38.1 Å². The Morgan fingerprint density at radius 1 is 1.35 bits per heavy atom. The van der Waals surface area contributed by atoms with E-state index in [-0.39, 0.29) is 12.5 Å². The second-order valence-electron chi connectivity index (χ2n) is 5.89. The minimum absolute atomic E-state index is 0.260. The fourth-order valence-corrected chi connectivity index (χ4v) is 3.08. The van der Waals surface area contributed by atoms with E-state index in [1.54, 1.807) is 7.11 Å². The first-order valence-corrected chi connectivity index (χ1v) is 7.98. The van der Waals surface area contributed by atoms with E-state index in [1.807, 2.05) is 18.2 Å². The molecule has 126 valence electrons. The molecule has 0 radical (unpaired) electrons. The lowest BCUT2D eigenvalue weighted by atomic mass is 9.91. The van der Waals surface area contributed by atoms with Crippen LogP contribution in [0.3, 0.4) is 0 Å². The molecule has 1 aromatic rings. The van der Waals surface area contributed by atoms with Crippen LogP contribution in [0, 0.1) is 5.92 Å². The van der Waals surface area contributed by atoms with Crippen molar-refractivity contribution in [1.82, 2.24) is 15.5 Å². The molecule has 23 heavy (non-hydrogen) atoms. The number of para-hydroxylation sites is 1. The standard InChI is InChI=1S/C17H25N3O3/c1-18-17(22)19-16(21)12-20-9-5-6-13(11-20)10-14-7-3-4-8-15(14)23-2/h3-4,7-8,13H,5-6,9-12H2,1-2H3,(H2,18,19,21,22). The molecule has 3 amide bonds. The van der Waals surface area contributed by atoms with E-state index in [9.17, 15) is 9.59 Å². The number of hydrogen-bond donors (Lipinski definition) is 2. The highest BCUT2D eigenvalue weighted by molar-refractivity contribution is 5.95. The van der Waals surface area contributed by atoms with Crippen LogP contribution < -0.4 is 15.4 Å². The van der Waals surface area contributed by atoms with Crippen LogP contribution in [0.2, 0.25) is 0 Å². The first kappa shape index (κ1) is 17.3. The number of nitrogens with zero attached hydrogens (tertiary/aromatic N) is 1. The van der Waals surface area contributed by atoms with Crippen LogP contribution in [0.4, 0.5) is 4.79 Å². The van der Waals surface area contributed by atoms with E-state index in [1.165, 1.54) is 12.6 Å². The number of piperidine rings is 1. The average Bonchev–Trinajstić information content (AvgIpc) is 2.55. The Morgan fingerprint density at radius 3 is 2.87 bits per heavy atom. The highest BCUT2D eigenvalue weighted by Crippen LogP contribution is 2.25. The molecular weight excluding hydrogens is 294 g/mol. The number of hydrogen-bond acceptors (Lipinski definition) is 4. The second kappa shape index (κ2) is 8.53. The molecule has 6 nitrogen and oxygen atoms in total. The average molecular weight is 319 g/mol. The van der Waals surface area contributed by atoms with Crippen molar-refractivity contribution in [2.24, 2.45) is 5.92 Å². The SMILES string of the molecule is CNC(=O)NC(=O)CN1CCCC(Cc2ccccc2OC)C1. The monoisotopic (exact) mass is 319 g/mol. The predicted molar refractivity (Wildman–Crippen MR) is 88.5 cm³/mol. The molecule has 1 saturated heterocycles. The predicted octanol–water partition coefficient (Wildman–Crippen LogP) is 1.41. The number of nitrogens with one attached hydrogen (secondary N) is 2. The molecule has 1 aliphatic rings. The molecule has 1 aliphatic heterocycles. The highest BCUT2D eigenvalue weighted by Gasteiger charge is 2.23. The lowest BCUT2D eigenvalue weighted by Gasteiger charge is -2.32. The Kier molecular flexibility index (Phi) is 6.40. The summed E-state index contributed by atoms with van der Waals surface area (Å²) < 4.78 is 5.41. The topological polar surface area (TPSA) is 70.7 Å². The summed E-state index contributed by atoms with van der Waals surface area (Å²) in [7, 11) is 3.18. The van der Waals surface area contributed by atoms with Gasteiger partial charge in [-0.1, -0.05) is 18.2 Å². The second-order valence-corrected chi connectivity index (χ2v) is 5.89. The van der Waals surface area contributed by atoms with Gasteiger partial charge in [-0.05, 0) is 43.4 Å². The number of carbonyl (C=O) groups is 2. The number of likely N-dealkylation sites (tertiary alicyclic amines) is 1. The molecule has 0 aliphatic carbocycles. The van der Waals surface area contributed by atoms with Gasteiger partial charge in [0, 0.05) is 13.6 Å².